The van der Waals surface area contributed by atoms with E-state index in [1.54, 1.807) is 7.05 Å². The second-order valence-electron chi connectivity index (χ2n) is 3.28. The summed E-state index contributed by atoms with van der Waals surface area (Å²) in [6.07, 6.45) is -2.29. The third-order valence-electron chi connectivity index (χ3n) is 1.64. The third-order valence-corrected chi connectivity index (χ3v) is 1.64. The number of nitrogens with one attached hydrogen (secondary N) is 1. The molecule has 18 heavy (non-hydrogen) atoms. The van der Waals surface area contributed by atoms with E-state index in [-0.39, 0.29) is 5.91 Å². The zero-order chi connectivity index (χ0) is 14.9. The molecule has 0 fully saturated rings. The predicted octanol–water partition coefficient (Wildman–Crippen LogP) is -1.50. The Morgan fingerprint density at radius 3 is 1.39 bits per heavy atom. The van der Waals surface area contributed by atoms with Crippen molar-refractivity contribution in [3.8, 4) is 0 Å². The van der Waals surface area contributed by atoms with Crippen LogP contribution in [0.25, 0.3) is 0 Å². The molecule has 0 aliphatic rings. The van der Waals surface area contributed by atoms with Gasteiger partial charge in [-0.3, -0.25) is 14.4 Å². The average molecular weight is 265 g/mol. The number of hydrogen-bond donors (Lipinski definition) is 5. The smallest absolute Gasteiger partial charge is 0.336 e. The van der Waals surface area contributed by atoms with Crippen molar-refractivity contribution in [1.29, 1.82) is 0 Å². The molecule has 0 rings (SSSR count). The molecule has 0 unspecified atom stereocenters. The lowest BCUT2D eigenvalue weighted by molar-refractivity contribution is -0.170. The van der Waals surface area contributed by atoms with Gasteiger partial charge in [-0.25, -0.2) is 4.79 Å². The highest BCUT2D eigenvalue weighted by molar-refractivity contribution is 5.88. The largest absolute Gasteiger partial charge is 0.481 e. The van der Waals surface area contributed by atoms with Gasteiger partial charge in [0.25, 0.3) is 0 Å². The standard InChI is InChI=1S/C6H8O7.C3H7NO/c7-3(8)1-6(13,5(11)12)2-4(9)10;1-3(5)4-2/h13H,1-2H2,(H,7,8)(H,9,10)(H,11,12);1-2H3,(H,4,5). The van der Waals surface area contributed by atoms with Crippen LogP contribution in [0.4, 0.5) is 0 Å². The molecule has 0 aromatic carbocycles. The maximum atomic E-state index is 10.3. The van der Waals surface area contributed by atoms with Gasteiger partial charge in [-0.15, -0.1) is 0 Å². The highest BCUT2D eigenvalue weighted by Gasteiger charge is 2.40. The molecule has 0 heterocycles. The van der Waals surface area contributed by atoms with Gasteiger partial charge in [0, 0.05) is 14.0 Å². The Hall–Kier alpha value is -2.16. The minimum atomic E-state index is -2.74. The number of carbonyl (C=O) groups is 4. The van der Waals surface area contributed by atoms with Crippen molar-refractivity contribution in [2.75, 3.05) is 7.05 Å². The Morgan fingerprint density at radius 2 is 1.28 bits per heavy atom. The van der Waals surface area contributed by atoms with Crippen molar-refractivity contribution < 1.29 is 39.6 Å². The molecule has 5 N–H and O–H groups in total. The van der Waals surface area contributed by atoms with E-state index in [2.05, 4.69) is 5.32 Å². The minimum Gasteiger partial charge on any atom is -0.481 e. The maximum absolute atomic E-state index is 10.3. The monoisotopic (exact) mass is 265 g/mol. The van der Waals surface area contributed by atoms with Gasteiger partial charge < -0.3 is 25.7 Å². The Kier molecular flexibility index (Phi) is 8.10. The highest BCUT2D eigenvalue weighted by atomic mass is 16.4. The Bertz CT molecular complexity index is 321. The van der Waals surface area contributed by atoms with Gasteiger partial charge in [-0.1, -0.05) is 0 Å². The van der Waals surface area contributed by atoms with Crippen LogP contribution in [0.2, 0.25) is 0 Å². The Labute approximate surface area is 102 Å². The van der Waals surface area contributed by atoms with Crippen LogP contribution in [0.15, 0.2) is 0 Å². The number of carboxylic acids is 3. The molecular formula is C9H15NO8. The third kappa shape index (κ3) is 9.09. The lowest BCUT2D eigenvalue weighted by atomic mass is 9.96. The van der Waals surface area contributed by atoms with Crippen molar-refractivity contribution in [2.45, 2.75) is 25.4 Å². The number of rotatable bonds is 5. The van der Waals surface area contributed by atoms with Crippen molar-refractivity contribution in [3.05, 3.63) is 0 Å². The maximum Gasteiger partial charge on any atom is 0.336 e. The van der Waals surface area contributed by atoms with Gasteiger partial charge in [0.2, 0.25) is 5.91 Å². The molecule has 0 radical (unpaired) electrons. The molecule has 0 saturated heterocycles. The highest BCUT2D eigenvalue weighted by Crippen LogP contribution is 2.15. The van der Waals surface area contributed by atoms with E-state index in [0.29, 0.717) is 0 Å². The molecule has 104 valence electrons. The molecule has 9 heteroatoms. The summed E-state index contributed by atoms with van der Waals surface area (Å²) < 4.78 is 0. The molecule has 0 aliphatic carbocycles. The molecule has 0 atom stereocenters. The summed E-state index contributed by atoms with van der Waals surface area (Å²) in [5.74, 6) is -5.01. The molecule has 0 spiro atoms. The molecule has 0 aliphatic heterocycles. The van der Waals surface area contributed by atoms with E-state index >= 15 is 0 Å². The van der Waals surface area contributed by atoms with Gasteiger partial charge in [0.1, 0.15) is 0 Å². The quantitative estimate of drug-likeness (QED) is 0.401. The molecule has 0 aromatic heterocycles. The molecule has 9 nitrogen and oxygen atoms in total. The van der Waals surface area contributed by atoms with Crippen LogP contribution in [0, 0.1) is 0 Å². The first-order chi connectivity index (χ1) is 8.05. The summed E-state index contributed by atoms with van der Waals surface area (Å²) in [4.78, 5) is 40.2. The second-order valence-corrected chi connectivity index (χ2v) is 3.28. The fourth-order valence-electron chi connectivity index (χ4n) is 0.714. The number of carboxylic acid groups (broad SMARTS) is 3. The summed E-state index contributed by atoms with van der Waals surface area (Å²) in [5.41, 5.74) is -2.74. The van der Waals surface area contributed by atoms with Crippen LogP contribution in [-0.4, -0.2) is 56.9 Å². The topological polar surface area (TPSA) is 161 Å². The van der Waals surface area contributed by atoms with Gasteiger partial charge in [-0.05, 0) is 0 Å². The van der Waals surface area contributed by atoms with Crippen molar-refractivity contribution in [3.63, 3.8) is 0 Å². The van der Waals surface area contributed by atoms with Crippen LogP contribution in [0.3, 0.4) is 0 Å². The Balaban J connectivity index is 0. The molecular weight excluding hydrogens is 250 g/mol. The summed E-state index contributed by atoms with van der Waals surface area (Å²) in [6.45, 7) is 1.47. The SMILES string of the molecule is CNC(C)=O.O=C(O)CC(O)(CC(=O)O)C(=O)O. The lowest BCUT2D eigenvalue weighted by Gasteiger charge is -2.18. The number of aliphatic hydroxyl groups is 1. The van der Waals surface area contributed by atoms with E-state index in [0.717, 1.165) is 0 Å². The molecule has 1 amide bonds. The fourth-order valence-corrected chi connectivity index (χ4v) is 0.714. The van der Waals surface area contributed by atoms with E-state index in [9.17, 15) is 19.2 Å². The van der Waals surface area contributed by atoms with Gasteiger partial charge in [0.15, 0.2) is 5.60 Å². The fraction of sp³-hybridized carbons (Fsp3) is 0.556. The van der Waals surface area contributed by atoms with Crippen molar-refractivity contribution in [1.82, 2.24) is 5.32 Å². The summed E-state index contributed by atoms with van der Waals surface area (Å²) >= 11 is 0. The average Bonchev–Trinajstić information content (AvgIpc) is 2.15. The second kappa shape index (κ2) is 8.01. The number of carbonyl (C=O) groups excluding carboxylic acids is 1. The van der Waals surface area contributed by atoms with Crippen molar-refractivity contribution >= 4 is 23.8 Å². The Morgan fingerprint density at radius 1 is 1.00 bits per heavy atom. The molecule has 0 aromatic rings. The van der Waals surface area contributed by atoms with Gasteiger partial charge in [-0.2, -0.15) is 0 Å². The zero-order valence-corrected chi connectivity index (χ0v) is 9.84. The summed E-state index contributed by atoms with van der Waals surface area (Å²) in [7, 11) is 1.60. The normalized spacial score (nSPS) is 9.72. The van der Waals surface area contributed by atoms with Gasteiger partial charge >= 0.3 is 17.9 Å². The molecule has 0 saturated carbocycles. The number of amides is 1. The van der Waals surface area contributed by atoms with E-state index < -0.39 is 36.4 Å². The summed E-state index contributed by atoms with van der Waals surface area (Å²) in [5, 5.41) is 36.2. The zero-order valence-electron chi connectivity index (χ0n) is 9.84. The van der Waals surface area contributed by atoms with E-state index in [1.165, 1.54) is 6.92 Å². The lowest BCUT2D eigenvalue weighted by Crippen LogP contribution is -2.42. The van der Waals surface area contributed by atoms with E-state index in [4.69, 9.17) is 20.4 Å². The van der Waals surface area contributed by atoms with Crippen LogP contribution >= 0.6 is 0 Å². The first kappa shape index (κ1) is 18.2. The first-order valence-electron chi connectivity index (χ1n) is 4.63. The van der Waals surface area contributed by atoms with Crippen LogP contribution < -0.4 is 5.32 Å². The van der Waals surface area contributed by atoms with Crippen LogP contribution in [0.5, 0.6) is 0 Å². The van der Waals surface area contributed by atoms with Crippen LogP contribution in [0.1, 0.15) is 19.8 Å². The van der Waals surface area contributed by atoms with Crippen molar-refractivity contribution in [2.24, 2.45) is 0 Å². The summed E-state index contributed by atoms with van der Waals surface area (Å²) in [6, 6.07) is 0. The van der Waals surface area contributed by atoms with E-state index in [1.807, 2.05) is 0 Å². The first-order valence-corrected chi connectivity index (χ1v) is 4.63. The predicted molar refractivity (Wildman–Crippen MR) is 56.8 cm³/mol. The molecule has 0 bridgehead atoms. The number of hydrogen-bond acceptors (Lipinski definition) is 5. The minimum absolute atomic E-state index is 0.00463. The van der Waals surface area contributed by atoms with Crippen LogP contribution in [-0.2, 0) is 19.2 Å². The number of aliphatic carboxylic acids is 3. The van der Waals surface area contributed by atoms with Gasteiger partial charge in [0.05, 0.1) is 12.8 Å².